The van der Waals surface area contributed by atoms with Gasteiger partial charge in [-0.2, -0.15) is 5.26 Å². The first-order valence-electron chi connectivity index (χ1n) is 7.19. The van der Waals surface area contributed by atoms with E-state index in [1.165, 1.54) is 51.9 Å². The van der Waals surface area contributed by atoms with E-state index in [1.54, 1.807) is 0 Å². The van der Waals surface area contributed by atoms with Gasteiger partial charge in [-0.15, -0.1) is 0 Å². The van der Waals surface area contributed by atoms with Crippen molar-refractivity contribution in [3.8, 4) is 6.07 Å². The zero-order valence-electron chi connectivity index (χ0n) is 10.7. The zero-order chi connectivity index (χ0) is 11.7. The van der Waals surface area contributed by atoms with Crippen LogP contribution in [0.15, 0.2) is 0 Å². The monoisotopic (exact) mass is 233 g/mol. The van der Waals surface area contributed by atoms with Crippen LogP contribution < -0.4 is 0 Å². The summed E-state index contributed by atoms with van der Waals surface area (Å²) in [7, 11) is 0. The maximum atomic E-state index is 9.31. The highest BCUT2D eigenvalue weighted by molar-refractivity contribution is 5.06. The van der Waals surface area contributed by atoms with E-state index in [-0.39, 0.29) is 5.41 Å². The smallest absolute Gasteiger partial charge is 0.0703 e. The van der Waals surface area contributed by atoms with Crippen LogP contribution in [0.3, 0.4) is 0 Å². The lowest BCUT2D eigenvalue weighted by Gasteiger charge is -2.47. The van der Waals surface area contributed by atoms with Crippen LogP contribution in [0.5, 0.6) is 0 Å². The van der Waals surface area contributed by atoms with E-state index in [2.05, 4.69) is 15.9 Å². The molecule has 94 valence electrons. The predicted molar refractivity (Wildman–Crippen MR) is 67.5 cm³/mol. The SMILES string of the molecule is N#CC1(CN2CCN3CCCCC3C2)CCC1. The first-order valence-corrected chi connectivity index (χ1v) is 7.19. The largest absolute Gasteiger partial charge is 0.299 e. The van der Waals surface area contributed by atoms with Crippen molar-refractivity contribution < 1.29 is 0 Å². The Labute approximate surface area is 104 Å². The Balaban J connectivity index is 1.57. The van der Waals surface area contributed by atoms with E-state index in [1.807, 2.05) is 0 Å². The first-order chi connectivity index (χ1) is 8.31. The van der Waals surface area contributed by atoms with Crippen molar-refractivity contribution in [3.63, 3.8) is 0 Å². The molecule has 2 aliphatic heterocycles. The third-order valence-corrected chi connectivity index (χ3v) is 5.00. The van der Waals surface area contributed by atoms with Crippen molar-refractivity contribution >= 4 is 0 Å². The van der Waals surface area contributed by atoms with Gasteiger partial charge in [0.25, 0.3) is 0 Å². The lowest BCUT2D eigenvalue weighted by atomic mass is 9.69. The Morgan fingerprint density at radius 1 is 1.12 bits per heavy atom. The fourth-order valence-corrected chi connectivity index (χ4v) is 3.70. The van der Waals surface area contributed by atoms with Crippen LogP contribution in [0.1, 0.15) is 38.5 Å². The lowest BCUT2D eigenvalue weighted by Crippen LogP contribution is -2.57. The molecule has 3 nitrogen and oxygen atoms in total. The van der Waals surface area contributed by atoms with Crippen molar-refractivity contribution in [1.82, 2.24) is 9.80 Å². The molecule has 0 N–H and O–H groups in total. The minimum Gasteiger partial charge on any atom is -0.299 e. The van der Waals surface area contributed by atoms with Gasteiger partial charge in [0.2, 0.25) is 0 Å². The summed E-state index contributed by atoms with van der Waals surface area (Å²) < 4.78 is 0. The Hall–Kier alpha value is -0.590. The summed E-state index contributed by atoms with van der Waals surface area (Å²) in [6.07, 6.45) is 7.69. The minimum absolute atomic E-state index is 0.0246. The van der Waals surface area contributed by atoms with Crippen molar-refractivity contribution in [2.45, 2.75) is 44.6 Å². The Kier molecular flexibility index (Phi) is 3.10. The Bertz CT molecular complexity index is 316. The second-order valence-electron chi connectivity index (χ2n) is 6.17. The molecule has 3 heteroatoms. The molecule has 2 saturated heterocycles. The van der Waals surface area contributed by atoms with Crippen LogP contribution in [0.2, 0.25) is 0 Å². The number of fused-ring (bicyclic) bond motifs is 1. The summed E-state index contributed by atoms with van der Waals surface area (Å²) in [5.41, 5.74) is 0.0246. The maximum absolute atomic E-state index is 9.31. The highest BCUT2D eigenvalue weighted by Crippen LogP contribution is 2.41. The molecule has 17 heavy (non-hydrogen) atoms. The van der Waals surface area contributed by atoms with Gasteiger partial charge in [0.1, 0.15) is 0 Å². The molecule has 0 aromatic rings. The van der Waals surface area contributed by atoms with E-state index in [0.717, 1.165) is 25.4 Å². The molecule has 0 radical (unpaired) electrons. The molecule has 3 rings (SSSR count). The molecule has 1 aliphatic carbocycles. The minimum atomic E-state index is 0.0246. The molecule has 1 atom stereocenters. The lowest BCUT2D eigenvalue weighted by molar-refractivity contribution is 0.0207. The number of hydrogen-bond donors (Lipinski definition) is 0. The normalized spacial score (nSPS) is 33.5. The van der Waals surface area contributed by atoms with E-state index in [0.29, 0.717) is 0 Å². The molecule has 0 bridgehead atoms. The second-order valence-corrected chi connectivity index (χ2v) is 6.17. The van der Waals surface area contributed by atoms with Crippen LogP contribution in [-0.2, 0) is 0 Å². The van der Waals surface area contributed by atoms with Gasteiger partial charge in [0.15, 0.2) is 0 Å². The molecular formula is C14H23N3. The summed E-state index contributed by atoms with van der Waals surface area (Å²) >= 11 is 0. The van der Waals surface area contributed by atoms with Crippen LogP contribution in [0.4, 0.5) is 0 Å². The topological polar surface area (TPSA) is 30.3 Å². The third kappa shape index (κ3) is 2.21. The van der Waals surface area contributed by atoms with Crippen LogP contribution in [-0.4, -0.2) is 48.6 Å². The van der Waals surface area contributed by atoms with E-state index < -0.39 is 0 Å². The van der Waals surface area contributed by atoms with E-state index in [9.17, 15) is 5.26 Å². The average Bonchev–Trinajstić information content (AvgIpc) is 2.34. The summed E-state index contributed by atoms with van der Waals surface area (Å²) in [5, 5.41) is 9.31. The van der Waals surface area contributed by atoms with Gasteiger partial charge in [-0.25, -0.2) is 0 Å². The molecule has 3 fully saturated rings. The molecule has 3 aliphatic rings. The standard InChI is InChI=1S/C14H23N3/c15-11-14(5-3-6-14)12-16-8-9-17-7-2-1-4-13(17)10-16/h13H,1-10,12H2. The van der Waals surface area contributed by atoms with Crippen molar-refractivity contribution in [1.29, 1.82) is 5.26 Å². The Morgan fingerprint density at radius 2 is 2.00 bits per heavy atom. The number of piperidine rings is 1. The van der Waals surface area contributed by atoms with Crippen molar-refractivity contribution in [3.05, 3.63) is 0 Å². The summed E-state index contributed by atoms with van der Waals surface area (Å²) in [6, 6.07) is 3.36. The third-order valence-electron chi connectivity index (χ3n) is 5.00. The summed E-state index contributed by atoms with van der Waals surface area (Å²) in [6.45, 7) is 5.96. The van der Waals surface area contributed by atoms with Crippen LogP contribution in [0, 0.1) is 16.7 Å². The Morgan fingerprint density at radius 3 is 2.71 bits per heavy atom. The maximum Gasteiger partial charge on any atom is 0.0703 e. The highest BCUT2D eigenvalue weighted by atomic mass is 15.3. The second kappa shape index (κ2) is 4.59. The number of hydrogen-bond acceptors (Lipinski definition) is 3. The summed E-state index contributed by atoms with van der Waals surface area (Å²) in [5.74, 6) is 0. The highest BCUT2D eigenvalue weighted by Gasteiger charge is 2.40. The number of nitrogens with zero attached hydrogens (tertiary/aromatic N) is 3. The molecule has 0 spiro atoms. The number of nitriles is 1. The van der Waals surface area contributed by atoms with Gasteiger partial charge < -0.3 is 0 Å². The number of rotatable bonds is 2. The molecular weight excluding hydrogens is 210 g/mol. The first kappa shape index (κ1) is 11.5. The van der Waals surface area contributed by atoms with Crippen molar-refractivity contribution in [2.24, 2.45) is 5.41 Å². The van der Waals surface area contributed by atoms with Gasteiger partial charge in [-0.05, 0) is 32.2 Å². The zero-order valence-corrected chi connectivity index (χ0v) is 10.7. The van der Waals surface area contributed by atoms with E-state index in [4.69, 9.17) is 0 Å². The summed E-state index contributed by atoms with van der Waals surface area (Å²) in [4.78, 5) is 5.23. The predicted octanol–water partition coefficient (Wildman–Crippen LogP) is 1.85. The molecule has 1 unspecified atom stereocenters. The van der Waals surface area contributed by atoms with Crippen LogP contribution >= 0.6 is 0 Å². The molecule has 0 amide bonds. The van der Waals surface area contributed by atoms with Gasteiger partial charge in [0, 0.05) is 32.2 Å². The molecule has 0 aromatic carbocycles. The fraction of sp³-hybridized carbons (Fsp3) is 0.929. The van der Waals surface area contributed by atoms with Gasteiger partial charge in [-0.3, -0.25) is 9.80 Å². The van der Waals surface area contributed by atoms with Gasteiger partial charge >= 0.3 is 0 Å². The van der Waals surface area contributed by atoms with Crippen LogP contribution in [0.25, 0.3) is 0 Å². The van der Waals surface area contributed by atoms with Crippen molar-refractivity contribution in [2.75, 3.05) is 32.7 Å². The molecule has 0 aromatic heterocycles. The fourth-order valence-electron chi connectivity index (χ4n) is 3.70. The van der Waals surface area contributed by atoms with Gasteiger partial charge in [-0.1, -0.05) is 12.8 Å². The van der Waals surface area contributed by atoms with Gasteiger partial charge in [0.05, 0.1) is 11.5 Å². The number of piperazine rings is 1. The molecule has 1 saturated carbocycles. The average molecular weight is 233 g/mol. The quantitative estimate of drug-likeness (QED) is 0.729. The molecule has 2 heterocycles. The van der Waals surface area contributed by atoms with E-state index >= 15 is 0 Å².